The van der Waals surface area contributed by atoms with Gasteiger partial charge in [-0.25, -0.2) is 0 Å². The third-order valence-corrected chi connectivity index (χ3v) is 5.66. The molecule has 3 aromatic carbocycles. The molecule has 0 saturated carbocycles. The van der Waals surface area contributed by atoms with E-state index < -0.39 is 25.6 Å². The van der Waals surface area contributed by atoms with Crippen LogP contribution in [0.5, 0.6) is 5.75 Å². The summed E-state index contributed by atoms with van der Waals surface area (Å²) in [4.78, 5) is 22.5. The van der Waals surface area contributed by atoms with E-state index in [4.69, 9.17) is 8.60 Å². The molecule has 0 fully saturated rings. The lowest BCUT2D eigenvalue weighted by Crippen LogP contribution is -2.12. The first-order chi connectivity index (χ1) is 14.4. The van der Waals surface area contributed by atoms with Crippen molar-refractivity contribution in [1.29, 1.82) is 0 Å². The van der Waals surface area contributed by atoms with Crippen LogP contribution in [0.15, 0.2) is 93.2 Å². The van der Waals surface area contributed by atoms with Gasteiger partial charge >= 0.3 is 10.1 Å². The minimum Gasteiger partial charge on any atom is -0.463 e. The third kappa shape index (κ3) is 3.53. The molecule has 9 heteroatoms. The van der Waals surface area contributed by atoms with E-state index in [-0.39, 0.29) is 22.1 Å². The maximum Gasteiger partial charge on any atom is 0.346 e. The van der Waals surface area contributed by atoms with E-state index >= 15 is 0 Å². The Hall–Kier alpha value is -3.98. The van der Waals surface area contributed by atoms with Gasteiger partial charge < -0.3 is 8.60 Å². The van der Waals surface area contributed by atoms with Crippen molar-refractivity contribution in [3.63, 3.8) is 0 Å². The van der Waals surface area contributed by atoms with Gasteiger partial charge in [0.25, 0.3) is 5.69 Å². The molecule has 0 bridgehead atoms. The first-order valence-corrected chi connectivity index (χ1v) is 10.1. The average molecular weight is 423 g/mol. The number of para-hydroxylation sites is 1. The van der Waals surface area contributed by atoms with E-state index in [0.29, 0.717) is 11.1 Å². The first kappa shape index (κ1) is 19.3. The minimum atomic E-state index is -4.48. The lowest BCUT2D eigenvalue weighted by Gasteiger charge is -2.08. The van der Waals surface area contributed by atoms with Crippen LogP contribution in [-0.2, 0) is 10.1 Å². The summed E-state index contributed by atoms with van der Waals surface area (Å²) in [5.74, 6) is -0.142. The molecule has 8 nitrogen and oxygen atoms in total. The van der Waals surface area contributed by atoms with Crippen LogP contribution < -0.4 is 9.61 Å². The standard InChI is InChI=1S/C21H13NO7S/c23-21-16-11-10-15(12-19(16)28-13-17(21)14-6-2-1-3-7-14)29-30(26,27)20-9-5-4-8-18(20)22(24)25/h1-13H. The Labute approximate surface area is 170 Å². The highest BCUT2D eigenvalue weighted by Gasteiger charge is 2.27. The fraction of sp³-hybridized carbons (Fsp3) is 0. The molecule has 0 aliphatic rings. The summed E-state index contributed by atoms with van der Waals surface area (Å²) >= 11 is 0. The Morgan fingerprint density at radius 3 is 2.37 bits per heavy atom. The molecule has 0 aliphatic heterocycles. The number of nitrogens with zero attached hydrogens (tertiary/aromatic N) is 1. The Morgan fingerprint density at radius 1 is 0.933 bits per heavy atom. The lowest BCUT2D eigenvalue weighted by molar-refractivity contribution is -0.387. The van der Waals surface area contributed by atoms with Crippen LogP contribution in [0, 0.1) is 10.1 Å². The van der Waals surface area contributed by atoms with Gasteiger partial charge in [-0.2, -0.15) is 8.42 Å². The predicted octanol–water partition coefficient (Wildman–Crippen LogP) is 4.14. The maximum absolute atomic E-state index is 12.8. The number of hydrogen-bond acceptors (Lipinski definition) is 7. The molecule has 1 aromatic heterocycles. The second-order valence-electron chi connectivity index (χ2n) is 6.26. The van der Waals surface area contributed by atoms with Gasteiger partial charge in [-0.3, -0.25) is 14.9 Å². The molecule has 4 rings (SSSR count). The van der Waals surface area contributed by atoms with E-state index in [1.165, 1.54) is 36.6 Å². The topological polar surface area (TPSA) is 117 Å². The van der Waals surface area contributed by atoms with Crippen molar-refractivity contribution in [2.45, 2.75) is 4.90 Å². The van der Waals surface area contributed by atoms with Gasteiger partial charge in [-0.05, 0) is 23.8 Å². The van der Waals surface area contributed by atoms with Crippen LogP contribution in [0.1, 0.15) is 0 Å². The van der Waals surface area contributed by atoms with Crippen molar-refractivity contribution < 1.29 is 21.9 Å². The van der Waals surface area contributed by atoms with Gasteiger partial charge in [0.05, 0.1) is 15.9 Å². The summed E-state index contributed by atoms with van der Waals surface area (Å²) in [5, 5.41) is 11.4. The van der Waals surface area contributed by atoms with Gasteiger partial charge in [0.15, 0.2) is 10.3 Å². The third-order valence-electron chi connectivity index (χ3n) is 4.37. The van der Waals surface area contributed by atoms with Gasteiger partial charge in [-0.1, -0.05) is 42.5 Å². The molecule has 0 amide bonds. The second kappa shape index (κ2) is 7.45. The maximum atomic E-state index is 12.8. The lowest BCUT2D eigenvalue weighted by atomic mass is 10.1. The monoisotopic (exact) mass is 423 g/mol. The zero-order chi connectivity index (χ0) is 21.3. The molecular formula is C21H13NO7S. The SMILES string of the molecule is O=c1c(-c2ccccc2)coc2cc(OS(=O)(=O)c3ccccc3[N+](=O)[O-])ccc12. The van der Waals surface area contributed by atoms with Crippen molar-refractivity contribution in [3.8, 4) is 16.9 Å². The zero-order valence-corrected chi connectivity index (χ0v) is 16.0. The zero-order valence-electron chi connectivity index (χ0n) is 15.2. The highest BCUT2D eigenvalue weighted by Crippen LogP contribution is 2.28. The molecule has 0 spiro atoms. The van der Waals surface area contributed by atoms with Crippen LogP contribution in [0.3, 0.4) is 0 Å². The molecule has 0 aliphatic carbocycles. The number of rotatable bonds is 5. The van der Waals surface area contributed by atoms with Crippen LogP contribution >= 0.6 is 0 Å². The molecule has 0 radical (unpaired) electrons. The molecule has 4 aromatic rings. The van der Waals surface area contributed by atoms with Crippen LogP contribution in [-0.4, -0.2) is 13.3 Å². The van der Waals surface area contributed by atoms with E-state index in [1.807, 2.05) is 6.07 Å². The largest absolute Gasteiger partial charge is 0.463 e. The number of nitro groups is 1. The van der Waals surface area contributed by atoms with Crippen LogP contribution in [0.25, 0.3) is 22.1 Å². The van der Waals surface area contributed by atoms with Crippen LogP contribution in [0.2, 0.25) is 0 Å². The fourth-order valence-corrected chi connectivity index (χ4v) is 4.06. The predicted molar refractivity (Wildman–Crippen MR) is 109 cm³/mol. The Bertz CT molecular complexity index is 1430. The van der Waals surface area contributed by atoms with E-state index in [0.717, 1.165) is 12.1 Å². The Kier molecular flexibility index (Phi) is 4.80. The number of hydrogen-bond donors (Lipinski definition) is 0. The Balaban J connectivity index is 1.73. The van der Waals surface area contributed by atoms with Gasteiger partial charge in [0, 0.05) is 12.1 Å². The van der Waals surface area contributed by atoms with Crippen molar-refractivity contribution in [1.82, 2.24) is 0 Å². The van der Waals surface area contributed by atoms with Crippen molar-refractivity contribution in [2.75, 3.05) is 0 Å². The molecule has 0 unspecified atom stereocenters. The molecule has 0 atom stereocenters. The summed E-state index contributed by atoms with van der Waals surface area (Å²) in [6.45, 7) is 0. The fourth-order valence-electron chi connectivity index (χ4n) is 2.97. The quantitative estimate of drug-likeness (QED) is 0.269. The molecule has 1 heterocycles. The minimum absolute atomic E-state index is 0.120. The summed E-state index contributed by atoms with van der Waals surface area (Å²) in [6, 6.07) is 17.8. The molecule has 150 valence electrons. The van der Waals surface area contributed by atoms with Crippen molar-refractivity contribution in [2.24, 2.45) is 0 Å². The van der Waals surface area contributed by atoms with E-state index in [1.54, 1.807) is 24.3 Å². The van der Waals surface area contributed by atoms with Crippen LogP contribution in [0.4, 0.5) is 5.69 Å². The normalized spacial score (nSPS) is 11.3. The Morgan fingerprint density at radius 2 is 1.63 bits per heavy atom. The van der Waals surface area contributed by atoms with E-state index in [9.17, 15) is 23.3 Å². The smallest absolute Gasteiger partial charge is 0.346 e. The average Bonchev–Trinajstić information content (AvgIpc) is 2.74. The summed E-state index contributed by atoms with van der Waals surface area (Å²) < 4.78 is 35.7. The molecular weight excluding hydrogens is 410 g/mol. The van der Waals surface area contributed by atoms with Crippen molar-refractivity contribution >= 4 is 26.8 Å². The molecule has 0 saturated heterocycles. The summed E-state index contributed by atoms with van der Waals surface area (Å²) in [6.07, 6.45) is 1.29. The highest BCUT2D eigenvalue weighted by atomic mass is 32.2. The number of fused-ring (bicyclic) bond motifs is 1. The van der Waals surface area contributed by atoms with Gasteiger partial charge in [0.1, 0.15) is 17.6 Å². The second-order valence-corrected chi connectivity index (χ2v) is 7.78. The van der Waals surface area contributed by atoms with Gasteiger partial charge in [-0.15, -0.1) is 0 Å². The first-order valence-electron chi connectivity index (χ1n) is 8.66. The van der Waals surface area contributed by atoms with Crippen molar-refractivity contribution in [3.05, 3.63) is 99.4 Å². The number of benzene rings is 3. The molecule has 30 heavy (non-hydrogen) atoms. The highest BCUT2D eigenvalue weighted by molar-refractivity contribution is 7.87. The number of nitro benzene ring substituents is 1. The van der Waals surface area contributed by atoms with Gasteiger partial charge in [0.2, 0.25) is 0 Å². The summed E-state index contributed by atoms with van der Waals surface area (Å²) in [5.41, 5.74) is 0.291. The summed E-state index contributed by atoms with van der Waals surface area (Å²) in [7, 11) is -4.48. The molecule has 0 N–H and O–H groups in total. The van der Waals surface area contributed by atoms with E-state index in [2.05, 4.69) is 0 Å².